The molecule has 0 aromatic carbocycles. The fourth-order valence-corrected chi connectivity index (χ4v) is 4.24. The zero-order valence-corrected chi connectivity index (χ0v) is 13.9. The fraction of sp³-hybridized carbons (Fsp3) is 0.882. The first kappa shape index (κ1) is 16.7. The summed E-state index contributed by atoms with van der Waals surface area (Å²) in [7, 11) is 0. The van der Waals surface area contributed by atoms with Gasteiger partial charge in [-0.3, -0.25) is 14.5 Å². The van der Waals surface area contributed by atoms with E-state index in [4.69, 9.17) is 0 Å². The molecule has 6 heteroatoms. The van der Waals surface area contributed by atoms with Crippen LogP contribution in [0.25, 0.3) is 0 Å². The number of aliphatic hydroxyl groups excluding tert-OH is 1. The number of aliphatic hydroxyl groups is 1. The lowest BCUT2D eigenvalue weighted by molar-refractivity contribution is -0.155. The molecule has 3 rings (SSSR count). The van der Waals surface area contributed by atoms with Gasteiger partial charge in [-0.2, -0.15) is 0 Å². The summed E-state index contributed by atoms with van der Waals surface area (Å²) in [5.41, 5.74) is -0.787. The molecule has 6 nitrogen and oxygen atoms in total. The zero-order valence-electron chi connectivity index (χ0n) is 13.9. The Bertz CT molecular complexity index is 448. The van der Waals surface area contributed by atoms with Gasteiger partial charge >= 0.3 is 0 Å². The van der Waals surface area contributed by atoms with E-state index in [1.807, 2.05) is 4.90 Å². The van der Waals surface area contributed by atoms with Gasteiger partial charge in [0.1, 0.15) is 0 Å². The lowest BCUT2D eigenvalue weighted by Gasteiger charge is -2.47. The van der Waals surface area contributed by atoms with Crippen LogP contribution in [-0.4, -0.2) is 72.1 Å². The molecule has 3 aliphatic rings. The quantitative estimate of drug-likeness (QED) is 0.769. The molecule has 3 saturated heterocycles. The normalized spacial score (nSPS) is 33.3. The average Bonchev–Trinajstić information content (AvgIpc) is 2.81. The highest BCUT2D eigenvalue weighted by molar-refractivity contribution is 5.86. The molecule has 2 amide bonds. The first-order valence-electron chi connectivity index (χ1n) is 9.08. The van der Waals surface area contributed by atoms with E-state index in [-0.39, 0.29) is 11.8 Å². The van der Waals surface area contributed by atoms with Gasteiger partial charge in [0.05, 0.1) is 18.1 Å². The molecule has 0 aromatic rings. The van der Waals surface area contributed by atoms with E-state index in [1.165, 1.54) is 25.7 Å². The maximum atomic E-state index is 12.7. The highest BCUT2D eigenvalue weighted by Crippen LogP contribution is 2.37. The predicted molar refractivity (Wildman–Crippen MR) is 86.8 cm³/mol. The Labute approximate surface area is 138 Å². The third kappa shape index (κ3) is 3.53. The van der Waals surface area contributed by atoms with Crippen LogP contribution in [0.5, 0.6) is 0 Å². The average molecular weight is 323 g/mol. The van der Waals surface area contributed by atoms with Crippen LogP contribution >= 0.6 is 0 Å². The lowest BCUT2D eigenvalue weighted by Crippen LogP contribution is -2.62. The lowest BCUT2D eigenvalue weighted by atomic mass is 9.71. The van der Waals surface area contributed by atoms with Crippen molar-refractivity contribution in [2.75, 3.05) is 39.3 Å². The van der Waals surface area contributed by atoms with Gasteiger partial charge in [0, 0.05) is 19.6 Å². The number of amides is 2. The Hall–Kier alpha value is -1.14. The summed E-state index contributed by atoms with van der Waals surface area (Å²) in [6, 6.07) is 0. The van der Waals surface area contributed by atoms with Crippen LogP contribution in [0, 0.1) is 5.41 Å². The van der Waals surface area contributed by atoms with E-state index in [1.54, 1.807) is 0 Å². The first-order valence-corrected chi connectivity index (χ1v) is 9.08. The third-order valence-corrected chi connectivity index (χ3v) is 5.73. The van der Waals surface area contributed by atoms with Crippen molar-refractivity contribution in [3.8, 4) is 0 Å². The second kappa shape index (κ2) is 7.18. The molecule has 3 aliphatic heterocycles. The highest BCUT2D eigenvalue weighted by Gasteiger charge is 2.50. The molecule has 0 saturated carbocycles. The molecule has 2 N–H and O–H groups in total. The van der Waals surface area contributed by atoms with Crippen LogP contribution < -0.4 is 5.32 Å². The minimum atomic E-state index is -0.787. The van der Waals surface area contributed by atoms with E-state index in [9.17, 15) is 14.7 Å². The van der Waals surface area contributed by atoms with Crippen molar-refractivity contribution >= 4 is 11.8 Å². The molecule has 3 heterocycles. The fourth-order valence-electron chi connectivity index (χ4n) is 4.24. The Balaban J connectivity index is 1.63. The molecule has 0 radical (unpaired) electrons. The number of rotatable bonds is 2. The Morgan fingerprint density at radius 3 is 2.61 bits per heavy atom. The summed E-state index contributed by atoms with van der Waals surface area (Å²) in [5.74, 6) is 0.0278. The van der Waals surface area contributed by atoms with Crippen molar-refractivity contribution in [2.45, 2.75) is 51.0 Å². The van der Waals surface area contributed by atoms with Crippen molar-refractivity contribution < 1.29 is 14.7 Å². The monoisotopic (exact) mass is 323 g/mol. The maximum Gasteiger partial charge on any atom is 0.236 e. The minimum absolute atomic E-state index is 0.0801. The van der Waals surface area contributed by atoms with Crippen LogP contribution in [0.2, 0.25) is 0 Å². The molecule has 3 fully saturated rings. The number of hydrogen-bond donors (Lipinski definition) is 2. The molecule has 23 heavy (non-hydrogen) atoms. The highest BCUT2D eigenvalue weighted by atomic mass is 16.3. The van der Waals surface area contributed by atoms with E-state index in [0.29, 0.717) is 39.0 Å². The van der Waals surface area contributed by atoms with Gasteiger partial charge in [-0.25, -0.2) is 0 Å². The van der Waals surface area contributed by atoms with Crippen LogP contribution in [0.3, 0.4) is 0 Å². The first-order chi connectivity index (χ1) is 11.1. The molecule has 0 aromatic heterocycles. The van der Waals surface area contributed by atoms with E-state index < -0.39 is 11.5 Å². The van der Waals surface area contributed by atoms with Crippen molar-refractivity contribution in [1.82, 2.24) is 15.1 Å². The van der Waals surface area contributed by atoms with Gasteiger partial charge < -0.3 is 15.3 Å². The molecule has 0 aliphatic carbocycles. The summed E-state index contributed by atoms with van der Waals surface area (Å²) in [5, 5.41) is 13.3. The van der Waals surface area contributed by atoms with E-state index in [0.717, 1.165) is 19.5 Å². The number of carbonyl (C=O) groups excluding carboxylic acids is 2. The summed E-state index contributed by atoms with van der Waals surface area (Å²) in [6.07, 6.45) is 6.25. The molecular weight excluding hydrogens is 294 g/mol. The molecular formula is C17H29N3O3. The number of piperidine rings is 2. The number of likely N-dealkylation sites (tertiary alicyclic amines) is 2. The third-order valence-electron chi connectivity index (χ3n) is 5.73. The maximum absolute atomic E-state index is 12.7. The van der Waals surface area contributed by atoms with Crippen LogP contribution in [0.1, 0.15) is 44.9 Å². The largest absolute Gasteiger partial charge is 0.392 e. The second-order valence-corrected chi connectivity index (χ2v) is 7.33. The van der Waals surface area contributed by atoms with Gasteiger partial charge in [0.25, 0.3) is 0 Å². The predicted octanol–water partition coefficient (Wildman–Crippen LogP) is 0.352. The Morgan fingerprint density at radius 2 is 1.91 bits per heavy atom. The number of nitrogens with zero attached hydrogens (tertiary/aromatic N) is 2. The topological polar surface area (TPSA) is 72.9 Å². The summed E-state index contributed by atoms with van der Waals surface area (Å²) < 4.78 is 0. The molecule has 0 bridgehead atoms. The van der Waals surface area contributed by atoms with Crippen LogP contribution in [0.15, 0.2) is 0 Å². The van der Waals surface area contributed by atoms with Gasteiger partial charge in [0.15, 0.2) is 0 Å². The Kier molecular flexibility index (Phi) is 5.21. The van der Waals surface area contributed by atoms with Crippen molar-refractivity contribution in [3.05, 3.63) is 0 Å². The molecule has 2 atom stereocenters. The molecule has 1 spiro atoms. The Morgan fingerprint density at radius 1 is 1.17 bits per heavy atom. The van der Waals surface area contributed by atoms with Gasteiger partial charge in [0.2, 0.25) is 11.8 Å². The van der Waals surface area contributed by atoms with Gasteiger partial charge in [-0.1, -0.05) is 12.8 Å². The second-order valence-electron chi connectivity index (χ2n) is 7.33. The van der Waals surface area contributed by atoms with E-state index >= 15 is 0 Å². The van der Waals surface area contributed by atoms with Gasteiger partial charge in [-0.15, -0.1) is 0 Å². The standard InChI is InChI=1S/C17H29N3O3/c21-14-6-11-20(13-17(14)7-5-8-18-16(17)23)15(22)12-19-9-3-1-2-4-10-19/h14,21H,1-13H2,(H,18,23)/t14-,17-/m1/s1. The molecule has 0 unspecified atom stereocenters. The summed E-state index contributed by atoms with van der Waals surface area (Å²) in [6.45, 7) is 4.04. The zero-order chi connectivity index (χ0) is 16.3. The van der Waals surface area contributed by atoms with Crippen molar-refractivity contribution in [3.63, 3.8) is 0 Å². The number of hydrogen-bond acceptors (Lipinski definition) is 4. The minimum Gasteiger partial charge on any atom is -0.392 e. The van der Waals surface area contributed by atoms with Gasteiger partial charge in [-0.05, 0) is 45.2 Å². The number of nitrogens with one attached hydrogen (secondary N) is 1. The smallest absolute Gasteiger partial charge is 0.236 e. The van der Waals surface area contributed by atoms with Crippen LogP contribution in [0.4, 0.5) is 0 Å². The molecule has 130 valence electrons. The van der Waals surface area contributed by atoms with Crippen molar-refractivity contribution in [2.24, 2.45) is 5.41 Å². The SMILES string of the molecule is O=C(CN1CCCCCC1)N1CC[C@@H](O)[C@@]2(CCCNC2=O)C1. The van der Waals surface area contributed by atoms with Crippen LogP contribution in [-0.2, 0) is 9.59 Å². The summed E-state index contributed by atoms with van der Waals surface area (Å²) in [4.78, 5) is 29.1. The summed E-state index contributed by atoms with van der Waals surface area (Å²) >= 11 is 0. The van der Waals surface area contributed by atoms with E-state index in [2.05, 4.69) is 10.2 Å². The number of carbonyl (C=O) groups is 2. The van der Waals surface area contributed by atoms with Crippen molar-refractivity contribution in [1.29, 1.82) is 0 Å².